The number of aromatic nitrogens is 2. The van der Waals surface area contributed by atoms with Gasteiger partial charge in [0.05, 0.1) is 12.7 Å². The summed E-state index contributed by atoms with van der Waals surface area (Å²) in [6.07, 6.45) is 5.80. The van der Waals surface area contributed by atoms with Crippen molar-refractivity contribution in [3.8, 4) is 0 Å². The third kappa shape index (κ3) is 4.55. The highest BCUT2D eigenvalue weighted by atomic mass is 35.5. The number of anilines is 1. The van der Waals surface area contributed by atoms with Crippen LogP contribution in [0.2, 0.25) is 10.0 Å². The molecule has 2 N–H and O–H groups in total. The van der Waals surface area contributed by atoms with Gasteiger partial charge in [0, 0.05) is 29.1 Å². The van der Waals surface area contributed by atoms with Crippen LogP contribution >= 0.6 is 23.2 Å². The molecule has 1 aliphatic heterocycles. The second kappa shape index (κ2) is 8.88. The minimum absolute atomic E-state index is 0.00210. The Morgan fingerprint density at radius 1 is 1.16 bits per heavy atom. The standard InChI is InChI=1S/C21H23Cl2N5O3/c22-15-5-4-14(16(23)12-15)13-28-17(6-10-24-28)25-18(29)7-11-27-19(30)21(26-20(27)31)8-2-1-3-9-21/h4-6,10,12H,1-3,7-9,11,13H2,(H,25,29)(H,26,31). The average molecular weight is 464 g/mol. The largest absolute Gasteiger partial charge is 0.325 e. The van der Waals surface area contributed by atoms with Gasteiger partial charge in [-0.1, -0.05) is 48.5 Å². The van der Waals surface area contributed by atoms with Crippen LogP contribution in [-0.2, 0) is 16.1 Å². The molecular weight excluding hydrogens is 441 g/mol. The summed E-state index contributed by atoms with van der Waals surface area (Å²) in [6.45, 7) is 0.392. The zero-order valence-corrected chi connectivity index (χ0v) is 18.4. The Morgan fingerprint density at radius 2 is 1.94 bits per heavy atom. The van der Waals surface area contributed by atoms with Crippen LogP contribution in [0.1, 0.15) is 44.1 Å². The summed E-state index contributed by atoms with van der Waals surface area (Å²) in [5.74, 6) is -0.0291. The molecule has 8 nitrogen and oxygen atoms in total. The molecule has 0 atom stereocenters. The van der Waals surface area contributed by atoms with Gasteiger partial charge in [0.25, 0.3) is 5.91 Å². The lowest BCUT2D eigenvalue weighted by molar-refractivity contribution is -0.132. The van der Waals surface area contributed by atoms with E-state index in [1.165, 1.54) is 0 Å². The van der Waals surface area contributed by atoms with E-state index in [0.717, 1.165) is 29.7 Å². The third-order valence-corrected chi connectivity index (χ3v) is 6.42. The van der Waals surface area contributed by atoms with Gasteiger partial charge in [-0.2, -0.15) is 5.10 Å². The maximum atomic E-state index is 12.8. The van der Waals surface area contributed by atoms with Crippen LogP contribution in [0.5, 0.6) is 0 Å². The van der Waals surface area contributed by atoms with Crippen molar-refractivity contribution in [1.29, 1.82) is 0 Å². The molecule has 0 bridgehead atoms. The molecule has 164 valence electrons. The van der Waals surface area contributed by atoms with E-state index in [9.17, 15) is 14.4 Å². The number of carbonyl (C=O) groups excluding carboxylic acids is 3. The normalized spacial score (nSPS) is 17.8. The SMILES string of the molecule is O=C(CCN1C(=O)NC2(CCCCC2)C1=O)Nc1ccnn1Cc1ccc(Cl)cc1Cl. The number of urea groups is 1. The molecule has 31 heavy (non-hydrogen) atoms. The molecule has 0 unspecified atom stereocenters. The molecule has 0 radical (unpaired) electrons. The number of carbonyl (C=O) groups is 3. The van der Waals surface area contributed by atoms with E-state index in [4.69, 9.17) is 23.2 Å². The second-order valence-electron chi connectivity index (χ2n) is 7.94. The number of halogens is 2. The summed E-state index contributed by atoms with van der Waals surface area (Å²) >= 11 is 12.2. The number of imide groups is 1. The van der Waals surface area contributed by atoms with Crippen molar-refractivity contribution in [2.45, 2.75) is 50.6 Å². The van der Waals surface area contributed by atoms with E-state index < -0.39 is 11.6 Å². The highest BCUT2D eigenvalue weighted by Crippen LogP contribution is 2.33. The average Bonchev–Trinajstić information content (AvgIpc) is 3.25. The predicted molar refractivity (Wildman–Crippen MR) is 117 cm³/mol. The fourth-order valence-electron chi connectivity index (χ4n) is 4.17. The Bertz CT molecular complexity index is 1020. The lowest BCUT2D eigenvalue weighted by atomic mass is 9.82. The van der Waals surface area contributed by atoms with Crippen molar-refractivity contribution in [3.63, 3.8) is 0 Å². The molecule has 2 aromatic rings. The molecule has 1 spiro atoms. The molecule has 1 saturated carbocycles. The maximum absolute atomic E-state index is 12.8. The van der Waals surface area contributed by atoms with E-state index >= 15 is 0 Å². The molecule has 2 heterocycles. The molecule has 1 saturated heterocycles. The number of nitrogens with zero attached hydrogens (tertiary/aromatic N) is 3. The summed E-state index contributed by atoms with van der Waals surface area (Å²) in [4.78, 5) is 38.8. The minimum Gasteiger partial charge on any atom is -0.323 e. The Balaban J connectivity index is 1.35. The number of rotatable bonds is 6. The van der Waals surface area contributed by atoms with Gasteiger partial charge < -0.3 is 10.6 Å². The van der Waals surface area contributed by atoms with Crippen molar-refractivity contribution in [2.75, 3.05) is 11.9 Å². The topological polar surface area (TPSA) is 96.3 Å². The first-order chi connectivity index (χ1) is 14.9. The van der Waals surface area contributed by atoms with Crippen molar-refractivity contribution in [1.82, 2.24) is 20.0 Å². The summed E-state index contributed by atoms with van der Waals surface area (Å²) in [7, 11) is 0. The lowest BCUT2D eigenvalue weighted by Crippen LogP contribution is -2.48. The van der Waals surface area contributed by atoms with Crippen LogP contribution in [0, 0.1) is 0 Å². The van der Waals surface area contributed by atoms with Gasteiger partial charge in [0.1, 0.15) is 11.4 Å². The van der Waals surface area contributed by atoms with Crippen LogP contribution < -0.4 is 10.6 Å². The molecule has 1 aromatic heterocycles. The summed E-state index contributed by atoms with van der Waals surface area (Å²) in [6, 6.07) is 6.45. The first-order valence-corrected chi connectivity index (χ1v) is 11.0. The van der Waals surface area contributed by atoms with E-state index in [1.54, 1.807) is 35.1 Å². The quantitative estimate of drug-likeness (QED) is 0.636. The van der Waals surface area contributed by atoms with Crippen molar-refractivity contribution < 1.29 is 14.4 Å². The zero-order chi connectivity index (χ0) is 22.0. The van der Waals surface area contributed by atoms with Crippen LogP contribution in [0.15, 0.2) is 30.5 Å². The number of benzene rings is 1. The fraction of sp³-hybridized carbons (Fsp3) is 0.429. The van der Waals surface area contributed by atoms with Gasteiger partial charge in [-0.05, 0) is 30.5 Å². The lowest BCUT2D eigenvalue weighted by Gasteiger charge is -2.30. The zero-order valence-electron chi connectivity index (χ0n) is 16.9. The molecule has 1 aliphatic carbocycles. The van der Waals surface area contributed by atoms with Gasteiger partial charge in [-0.25, -0.2) is 9.48 Å². The molecule has 2 aliphatic rings. The first kappa shape index (κ1) is 21.6. The van der Waals surface area contributed by atoms with Crippen molar-refractivity contribution in [3.05, 3.63) is 46.1 Å². The number of hydrogen-bond donors (Lipinski definition) is 2. The summed E-state index contributed by atoms with van der Waals surface area (Å²) < 4.78 is 1.61. The molecular formula is C21H23Cl2N5O3. The van der Waals surface area contributed by atoms with E-state index in [0.29, 0.717) is 35.2 Å². The molecule has 4 amide bonds. The minimum atomic E-state index is -0.776. The van der Waals surface area contributed by atoms with Gasteiger partial charge in [0.15, 0.2) is 0 Å². The highest BCUT2D eigenvalue weighted by molar-refractivity contribution is 6.35. The Morgan fingerprint density at radius 3 is 2.68 bits per heavy atom. The Kier molecular flexibility index (Phi) is 6.20. The van der Waals surface area contributed by atoms with Gasteiger partial charge in [-0.3, -0.25) is 14.5 Å². The highest BCUT2D eigenvalue weighted by Gasteiger charge is 2.51. The summed E-state index contributed by atoms with van der Waals surface area (Å²) in [5, 5.41) is 10.9. The Labute approximate surface area is 189 Å². The van der Waals surface area contributed by atoms with Crippen LogP contribution in [0.3, 0.4) is 0 Å². The van der Waals surface area contributed by atoms with Crippen molar-refractivity contribution in [2.24, 2.45) is 0 Å². The van der Waals surface area contributed by atoms with Gasteiger partial charge in [0.2, 0.25) is 5.91 Å². The number of nitrogens with one attached hydrogen (secondary N) is 2. The molecule has 1 aromatic carbocycles. The van der Waals surface area contributed by atoms with Gasteiger partial charge >= 0.3 is 6.03 Å². The monoisotopic (exact) mass is 463 g/mol. The third-order valence-electron chi connectivity index (χ3n) is 5.83. The second-order valence-corrected chi connectivity index (χ2v) is 8.78. The van der Waals surface area contributed by atoms with Crippen LogP contribution in [0.25, 0.3) is 0 Å². The number of amides is 4. The van der Waals surface area contributed by atoms with E-state index in [1.807, 2.05) is 0 Å². The molecule has 4 rings (SSSR count). The van der Waals surface area contributed by atoms with Crippen LogP contribution in [0.4, 0.5) is 10.6 Å². The summed E-state index contributed by atoms with van der Waals surface area (Å²) in [5.41, 5.74) is 0.0322. The Hall–Kier alpha value is -2.58. The van der Waals surface area contributed by atoms with Crippen molar-refractivity contribution >= 4 is 46.9 Å². The predicted octanol–water partition coefficient (Wildman–Crippen LogP) is 3.82. The molecule has 2 fully saturated rings. The van der Waals surface area contributed by atoms with Gasteiger partial charge in [-0.15, -0.1) is 0 Å². The maximum Gasteiger partial charge on any atom is 0.325 e. The van der Waals surface area contributed by atoms with Crippen LogP contribution in [-0.4, -0.2) is 44.6 Å². The molecule has 10 heteroatoms. The number of hydrogen-bond acceptors (Lipinski definition) is 4. The fourth-order valence-corrected chi connectivity index (χ4v) is 4.64. The van der Waals surface area contributed by atoms with E-state index in [2.05, 4.69) is 15.7 Å². The van der Waals surface area contributed by atoms with E-state index in [-0.39, 0.29) is 24.8 Å². The first-order valence-electron chi connectivity index (χ1n) is 10.3. The smallest absolute Gasteiger partial charge is 0.323 e.